The monoisotopic (exact) mass is 315 g/mol. The Morgan fingerprint density at radius 1 is 1.09 bits per heavy atom. The van der Waals surface area contributed by atoms with Crippen molar-refractivity contribution in [3.8, 4) is 0 Å². The van der Waals surface area contributed by atoms with Gasteiger partial charge in [0.15, 0.2) is 0 Å². The van der Waals surface area contributed by atoms with E-state index in [2.05, 4.69) is 28.1 Å². The van der Waals surface area contributed by atoms with Crippen LogP contribution < -0.4 is 16.0 Å². The number of nitrogens with one attached hydrogen (secondary N) is 3. The lowest BCUT2D eigenvalue weighted by Crippen LogP contribution is -2.19. The van der Waals surface area contributed by atoms with E-state index in [0.717, 1.165) is 18.8 Å². The smallest absolute Gasteiger partial charge is 0.316 e. The van der Waals surface area contributed by atoms with Gasteiger partial charge in [-0.2, -0.15) is 0 Å². The summed E-state index contributed by atoms with van der Waals surface area (Å²) in [4.78, 5) is 12.0. The number of hydrogen-bond donors (Lipinski definition) is 3. The van der Waals surface area contributed by atoms with Crippen LogP contribution in [0.2, 0.25) is 5.02 Å². The summed E-state index contributed by atoms with van der Waals surface area (Å²) in [5.41, 5.74) is 2.75. The lowest BCUT2D eigenvalue weighted by Gasteiger charge is -2.11. The summed E-state index contributed by atoms with van der Waals surface area (Å²) in [6.45, 7) is 2.11. The molecule has 0 saturated carbocycles. The van der Waals surface area contributed by atoms with Crippen LogP contribution in [0.3, 0.4) is 0 Å². The van der Waals surface area contributed by atoms with Gasteiger partial charge in [0.1, 0.15) is 0 Å². The average Bonchev–Trinajstić information content (AvgIpc) is 3.02. The summed E-state index contributed by atoms with van der Waals surface area (Å²) in [6, 6.07) is 14.8. The molecule has 0 aromatic heterocycles. The lowest BCUT2D eigenvalue weighted by molar-refractivity contribution is 0.262. The summed E-state index contributed by atoms with van der Waals surface area (Å²) >= 11 is 5.89. The van der Waals surface area contributed by atoms with E-state index in [4.69, 9.17) is 11.6 Å². The number of rotatable bonds is 3. The fourth-order valence-electron chi connectivity index (χ4n) is 2.64. The van der Waals surface area contributed by atoms with Gasteiger partial charge in [0.2, 0.25) is 0 Å². The van der Waals surface area contributed by atoms with E-state index in [-0.39, 0.29) is 6.03 Å². The first-order valence-electron chi connectivity index (χ1n) is 7.35. The van der Waals surface area contributed by atoms with E-state index in [0.29, 0.717) is 16.6 Å². The molecule has 2 aromatic carbocycles. The molecule has 3 rings (SSSR count). The summed E-state index contributed by atoms with van der Waals surface area (Å²) in [5.74, 6) is 0.578. The summed E-state index contributed by atoms with van der Waals surface area (Å²) in [5, 5.41) is 9.52. The Balaban J connectivity index is 1.59. The Hall–Kier alpha value is -2.04. The van der Waals surface area contributed by atoms with Crippen LogP contribution in [0.5, 0.6) is 0 Å². The van der Waals surface area contributed by atoms with Crippen LogP contribution in [0.1, 0.15) is 17.9 Å². The maximum atomic E-state index is 12.0. The first kappa shape index (κ1) is 14.9. The normalized spacial score (nSPS) is 17.2. The lowest BCUT2D eigenvalue weighted by atomic mass is 9.98. The summed E-state index contributed by atoms with van der Waals surface area (Å²) in [7, 11) is 0. The Labute approximate surface area is 134 Å². The minimum atomic E-state index is -0.280. The first-order chi connectivity index (χ1) is 10.7. The fraction of sp³-hybridized carbons (Fsp3) is 0.235. The Morgan fingerprint density at radius 3 is 2.55 bits per heavy atom. The zero-order chi connectivity index (χ0) is 15.4. The number of benzene rings is 2. The van der Waals surface area contributed by atoms with Crippen LogP contribution >= 0.6 is 11.6 Å². The molecule has 0 spiro atoms. The van der Waals surface area contributed by atoms with Crippen molar-refractivity contribution in [1.29, 1.82) is 0 Å². The molecule has 1 saturated heterocycles. The van der Waals surface area contributed by atoms with Gasteiger partial charge in [-0.15, -0.1) is 0 Å². The van der Waals surface area contributed by atoms with Gasteiger partial charge in [-0.25, -0.2) is 4.79 Å². The quantitative estimate of drug-likeness (QED) is 0.800. The predicted molar refractivity (Wildman–Crippen MR) is 90.8 cm³/mol. The van der Waals surface area contributed by atoms with Gasteiger partial charge in [-0.05, 0) is 54.8 Å². The summed E-state index contributed by atoms with van der Waals surface area (Å²) in [6.07, 6.45) is 1.17. The third-order valence-electron chi connectivity index (χ3n) is 3.78. The van der Waals surface area contributed by atoms with Crippen molar-refractivity contribution in [3.05, 3.63) is 59.1 Å². The second-order valence-electron chi connectivity index (χ2n) is 5.40. The molecule has 5 heteroatoms. The number of halogens is 1. The maximum Gasteiger partial charge on any atom is 0.323 e. The molecular formula is C17H18ClN3O. The molecule has 1 aliphatic rings. The van der Waals surface area contributed by atoms with Crippen LogP contribution in [0, 0.1) is 0 Å². The van der Waals surface area contributed by atoms with E-state index in [1.165, 1.54) is 12.0 Å². The minimum absolute atomic E-state index is 0.280. The first-order valence-corrected chi connectivity index (χ1v) is 7.73. The third-order valence-corrected chi connectivity index (χ3v) is 4.02. The molecule has 4 nitrogen and oxygen atoms in total. The van der Waals surface area contributed by atoms with Gasteiger partial charge in [0.25, 0.3) is 0 Å². The van der Waals surface area contributed by atoms with Gasteiger partial charge in [-0.3, -0.25) is 0 Å². The van der Waals surface area contributed by atoms with Gasteiger partial charge in [-0.1, -0.05) is 29.8 Å². The topological polar surface area (TPSA) is 53.2 Å². The highest BCUT2D eigenvalue weighted by atomic mass is 35.5. The zero-order valence-electron chi connectivity index (χ0n) is 12.1. The Morgan fingerprint density at radius 2 is 1.86 bits per heavy atom. The molecule has 2 amide bonds. The number of amides is 2. The van der Waals surface area contributed by atoms with Crippen molar-refractivity contribution in [3.63, 3.8) is 0 Å². The molecule has 2 aromatic rings. The molecule has 22 heavy (non-hydrogen) atoms. The van der Waals surface area contributed by atoms with Gasteiger partial charge in [0, 0.05) is 22.9 Å². The van der Waals surface area contributed by atoms with Gasteiger partial charge in [0.05, 0.1) is 0 Å². The second-order valence-corrected chi connectivity index (χ2v) is 5.84. The third kappa shape index (κ3) is 3.78. The minimum Gasteiger partial charge on any atom is -0.316 e. The molecule has 0 bridgehead atoms. The average molecular weight is 316 g/mol. The molecule has 0 radical (unpaired) electrons. The molecular weight excluding hydrogens is 298 g/mol. The number of carbonyl (C=O) groups excluding carboxylic acids is 1. The van der Waals surface area contributed by atoms with E-state index in [9.17, 15) is 4.79 Å². The number of urea groups is 1. The second kappa shape index (κ2) is 6.81. The van der Waals surface area contributed by atoms with Crippen molar-refractivity contribution < 1.29 is 4.79 Å². The highest BCUT2D eigenvalue weighted by Crippen LogP contribution is 2.23. The molecule has 3 N–H and O–H groups in total. The Bertz CT molecular complexity index is 651. The molecule has 1 fully saturated rings. The fourth-order valence-corrected chi connectivity index (χ4v) is 2.83. The molecule has 1 aliphatic heterocycles. The van der Waals surface area contributed by atoms with Crippen molar-refractivity contribution in [2.24, 2.45) is 0 Å². The van der Waals surface area contributed by atoms with Crippen molar-refractivity contribution in [1.82, 2.24) is 5.32 Å². The molecule has 1 heterocycles. The molecule has 0 unspecified atom stereocenters. The van der Waals surface area contributed by atoms with Crippen LogP contribution in [0.25, 0.3) is 0 Å². The molecule has 1 atom stereocenters. The molecule has 114 valence electrons. The van der Waals surface area contributed by atoms with E-state index < -0.39 is 0 Å². The van der Waals surface area contributed by atoms with Crippen molar-refractivity contribution >= 4 is 29.0 Å². The van der Waals surface area contributed by atoms with Gasteiger partial charge < -0.3 is 16.0 Å². The van der Waals surface area contributed by atoms with E-state index in [1.807, 2.05) is 12.1 Å². The van der Waals surface area contributed by atoms with Crippen molar-refractivity contribution in [2.45, 2.75) is 12.3 Å². The van der Waals surface area contributed by atoms with Crippen LogP contribution in [0.4, 0.5) is 16.2 Å². The summed E-state index contributed by atoms with van der Waals surface area (Å²) < 4.78 is 0. The molecule has 0 aliphatic carbocycles. The maximum absolute atomic E-state index is 12.0. The number of anilines is 2. The largest absolute Gasteiger partial charge is 0.323 e. The standard InChI is InChI=1S/C17H18ClN3O/c18-14-2-1-3-16(10-14)21-17(22)20-15-6-4-12(5-7-15)13-8-9-19-11-13/h1-7,10,13,19H,8-9,11H2,(H2,20,21,22)/t13-/m1/s1. The highest BCUT2D eigenvalue weighted by Gasteiger charge is 2.16. The van der Waals surface area contributed by atoms with Crippen LogP contribution in [-0.4, -0.2) is 19.1 Å². The number of hydrogen-bond acceptors (Lipinski definition) is 2. The van der Waals surface area contributed by atoms with Crippen LogP contribution in [-0.2, 0) is 0 Å². The number of carbonyl (C=O) groups is 1. The zero-order valence-corrected chi connectivity index (χ0v) is 12.9. The van der Waals surface area contributed by atoms with E-state index in [1.54, 1.807) is 24.3 Å². The predicted octanol–water partition coefficient (Wildman–Crippen LogP) is 4.06. The van der Waals surface area contributed by atoms with E-state index >= 15 is 0 Å². The van der Waals surface area contributed by atoms with Crippen molar-refractivity contribution in [2.75, 3.05) is 23.7 Å². The Kier molecular flexibility index (Phi) is 4.61. The highest BCUT2D eigenvalue weighted by molar-refractivity contribution is 6.30. The SMILES string of the molecule is O=C(Nc1ccc([C@@H]2CCNC2)cc1)Nc1cccc(Cl)c1. The van der Waals surface area contributed by atoms with Crippen LogP contribution in [0.15, 0.2) is 48.5 Å². The van der Waals surface area contributed by atoms with Gasteiger partial charge >= 0.3 is 6.03 Å².